The minimum Gasteiger partial charge on any atom is -0.481 e. The van der Waals surface area contributed by atoms with Crippen molar-refractivity contribution in [3.05, 3.63) is 36.0 Å². The first-order valence-corrected chi connectivity index (χ1v) is 7.31. The van der Waals surface area contributed by atoms with E-state index < -0.39 is 9.05 Å². The number of rotatable bonds is 3. The molecular formula is C11H10ClNO3S. The zero-order valence-corrected chi connectivity index (χ0v) is 10.6. The highest BCUT2D eigenvalue weighted by Crippen LogP contribution is 2.24. The third kappa shape index (κ3) is 2.87. The van der Waals surface area contributed by atoms with Crippen molar-refractivity contribution in [2.75, 3.05) is 7.11 Å². The van der Waals surface area contributed by atoms with Gasteiger partial charge in [0.25, 0.3) is 0 Å². The molecule has 0 unspecified atom stereocenters. The first kappa shape index (κ1) is 12.1. The van der Waals surface area contributed by atoms with Crippen LogP contribution in [0.15, 0.2) is 30.5 Å². The molecule has 0 bridgehead atoms. The third-order valence-corrected chi connectivity index (χ3v) is 3.33. The van der Waals surface area contributed by atoms with Gasteiger partial charge in [-0.25, -0.2) is 13.4 Å². The van der Waals surface area contributed by atoms with Gasteiger partial charge in [-0.05, 0) is 29.1 Å². The van der Waals surface area contributed by atoms with Gasteiger partial charge in [-0.2, -0.15) is 0 Å². The lowest BCUT2D eigenvalue weighted by molar-refractivity contribution is 0.403. The summed E-state index contributed by atoms with van der Waals surface area (Å²) < 4.78 is 27.1. The number of ether oxygens (including phenoxy) is 1. The van der Waals surface area contributed by atoms with Crippen LogP contribution in [0.2, 0.25) is 0 Å². The molecule has 0 spiro atoms. The molecule has 0 saturated carbocycles. The van der Waals surface area contributed by atoms with Crippen LogP contribution in [0, 0.1) is 0 Å². The lowest BCUT2D eigenvalue weighted by atomic mass is 10.1. The monoisotopic (exact) mass is 271 g/mol. The number of aromatic nitrogens is 1. The molecule has 2 rings (SSSR count). The molecule has 2 aromatic rings. The predicted molar refractivity (Wildman–Crippen MR) is 66.8 cm³/mol. The fourth-order valence-electron chi connectivity index (χ4n) is 1.65. The van der Waals surface area contributed by atoms with Crippen molar-refractivity contribution in [3.63, 3.8) is 0 Å². The molecule has 1 aromatic heterocycles. The Kier molecular flexibility index (Phi) is 3.22. The number of pyridine rings is 1. The van der Waals surface area contributed by atoms with Crippen molar-refractivity contribution in [3.8, 4) is 5.88 Å². The molecule has 0 aliphatic rings. The number of benzene rings is 1. The van der Waals surface area contributed by atoms with E-state index >= 15 is 0 Å². The average Bonchev–Trinajstić information content (AvgIpc) is 2.25. The molecule has 0 amide bonds. The van der Waals surface area contributed by atoms with Crippen molar-refractivity contribution < 1.29 is 13.2 Å². The molecule has 1 heterocycles. The smallest absolute Gasteiger partial charge is 0.236 e. The van der Waals surface area contributed by atoms with Gasteiger partial charge >= 0.3 is 0 Å². The zero-order chi connectivity index (χ0) is 12.5. The van der Waals surface area contributed by atoms with Gasteiger partial charge in [0.2, 0.25) is 14.9 Å². The molecule has 6 heteroatoms. The number of hydrogen-bond acceptors (Lipinski definition) is 4. The molecule has 0 radical (unpaired) electrons. The topological polar surface area (TPSA) is 56.3 Å². The van der Waals surface area contributed by atoms with Gasteiger partial charge in [0, 0.05) is 22.3 Å². The second-order valence-electron chi connectivity index (χ2n) is 3.56. The van der Waals surface area contributed by atoms with Gasteiger partial charge in [-0.15, -0.1) is 0 Å². The van der Waals surface area contributed by atoms with Crippen molar-refractivity contribution >= 4 is 30.5 Å². The SMILES string of the molecule is COc1nccc2cc(CS(=O)(=O)Cl)ccc12. The van der Waals surface area contributed by atoms with E-state index in [1.165, 1.54) is 0 Å². The van der Waals surface area contributed by atoms with E-state index in [1.54, 1.807) is 37.6 Å². The Bertz CT molecular complexity index is 655. The lowest BCUT2D eigenvalue weighted by Gasteiger charge is -2.05. The van der Waals surface area contributed by atoms with E-state index in [1.807, 2.05) is 0 Å². The van der Waals surface area contributed by atoms with Crippen molar-refractivity contribution in [1.29, 1.82) is 0 Å². The number of fused-ring (bicyclic) bond motifs is 1. The Morgan fingerprint density at radius 2 is 2.12 bits per heavy atom. The maximum absolute atomic E-state index is 11.0. The highest BCUT2D eigenvalue weighted by atomic mass is 35.7. The Morgan fingerprint density at radius 3 is 2.76 bits per heavy atom. The van der Waals surface area contributed by atoms with Crippen LogP contribution in [0.3, 0.4) is 0 Å². The van der Waals surface area contributed by atoms with Gasteiger partial charge in [0.1, 0.15) is 0 Å². The van der Waals surface area contributed by atoms with Crippen LogP contribution in [0.25, 0.3) is 10.8 Å². The largest absolute Gasteiger partial charge is 0.481 e. The summed E-state index contributed by atoms with van der Waals surface area (Å²) in [5.41, 5.74) is 0.640. The van der Waals surface area contributed by atoms with Crippen molar-refractivity contribution in [1.82, 2.24) is 4.98 Å². The first-order valence-electron chi connectivity index (χ1n) is 4.83. The summed E-state index contributed by atoms with van der Waals surface area (Å²) in [7, 11) is 3.22. The van der Waals surface area contributed by atoms with E-state index in [9.17, 15) is 8.42 Å². The normalized spacial score (nSPS) is 11.6. The minimum atomic E-state index is -3.54. The lowest BCUT2D eigenvalue weighted by Crippen LogP contribution is -1.95. The van der Waals surface area contributed by atoms with Gasteiger partial charge in [0.05, 0.1) is 12.9 Å². The Labute approximate surface area is 104 Å². The highest BCUT2D eigenvalue weighted by Gasteiger charge is 2.09. The fourth-order valence-corrected chi connectivity index (χ4v) is 2.61. The van der Waals surface area contributed by atoms with Crippen molar-refractivity contribution in [2.45, 2.75) is 5.75 Å². The molecule has 0 aliphatic carbocycles. The summed E-state index contributed by atoms with van der Waals surface area (Å²) in [4.78, 5) is 4.06. The molecule has 0 aliphatic heterocycles. The quantitative estimate of drug-likeness (QED) is 0.804. The first-order chi connectivity index (χ1) is 7.99. The summed E-state index contributed by atoms with van der Waals surface area (Å²) >= 11 is 0. The minimum absolute atomic E-state index is 0.185. The second kappa shape index (κ2) is 4.50. The molecule has 0 N–H and O–H groups in total. The molecule has 0 saturated heterocycles. The van der Waals surface area contributed by atoms with Crippen LogP contribution in [-0.2, 0) is 14.8 Å². The Balaban J connectivity index is 2.52. The molecular weight excluding hydrogens is 262 g/mol. The van der Waals surface area contributed by atoms with Crippen LogP contribution < -0.4 is 4.74 Å². The van der Waals surface area contributed by atoms with Gasteiger partial charge < -0.3 is 4.74 Å². The van der Waals surface area contributed by atoms with Gasteiger partial charge in [-0.3, -0.25) is 0 Å². The van der Waals surface area contributed by atoms with Crippen LogP contribution in [-0.4, -0.2) is 20.5 Å². The van der Waals surface area contributed by atoms with Crippen LogP contribution in [0.5, 0.6) is 5.88 Å². The predicted octanol–water partition coefficient (Wildman–Crippen LogP) is 2.31. The maximum Gasteiger partial charge on any atom is 0.236 e. The number of nitrogens with zero attached hydrogens (tertiary/aromatic N) is 1. The van der Waals surface area contributed by atoms with Crippen molar-refractivity contribution in [2.24, 2.45) is 0 Å². The molecule has 17 heavy (non-hydrogen) atoms. The highest BCUT2D eigenvalue weighted by molar-refractivity contribution is 8.13. The van der Waals surface area contributed by atoms with Gasteiger partial charge in [0.15, 0.2) is 0 Å². The third-order valence-electron chi connectivity index (χ3n) is 2.32. The fraction of sp³-hybridized carbons (Fsp3) is 0.182. The van der Waals surface area contributed by atoms with E-state index in [0.717, 1.165) is 10.8 Å². The van der Waals surface area contributed by atoms with E-state index in [0.29, 0.717) is 11.4 Å². The number of hydrogen-bond donors (Lipinski definition) is 0. The summed E-state index contributed by atoms with van der Waals surface area (Å²) in [5, 5.41) is 1.71. The molecule has 0 atom stereocenters. The number of methoxy groups -OCH3 is 1. The zero-order valence-electron chi connectivity index (χ0n) is 9.05. The summed E-state index contributed by atoms with van der Waals surface area (Å²) in [6.07, 6.45) is 1.61. The van der Waals surface area contributed by atoms with E-state index in [-0.39, 0.29) is 5.75 Å². The molecule has 1 aromatic carbocycles. The Morgan fingerprint density at radius 1 is 1.35 bits per heavy atom. The Hall–Kier alpha value is -1.33. The standard InChI is InChI=1S/C11H10ClNO3S/c1-16-11-10-3-2-8(7-17(12,14)15)6-9(10)4-5-13-11/h2-6H,7H2,1H3. The molecule has 4 nitrogen and oxygen atoms in total. The summed E-state index contributed by atoms with van der Waals surface area (Å²) in [5.74, 6) is 0.331. The van der Waals surface area contributed by atoms with Gasteiger partial charge in [-0.1, -0.05) is 6.07 Å². The van der Waals surface area contributed by atoms with E-state index in [4.69, 9.17) is 15.4 Å². The number of halogens is 1. The summed E-state index contributed by atoms with van der Waals surface area (Å²) in [6.45, 7) is 0. The average molecular weight is 272 g/mol. The van der Waals surface area contributed by atoms with Crippen LogP contribution >= 0.6 is 10.7 Å². The molecule has 90 valence electrons. The molecule has 0 fully saturated rings. The maximum atomic E-state index is 11.0. The van der Waals surface area contributed by atoms with E-state index in [2.05, 4.69) is 4.98 Å². The van der Waals surface area contributed by atoms with Crippen LogP contribution in [0.4, 0.5) is 0 Å². The second-order valence-corrected chi connectivity index (χ2v) is 6.34. The summed E-state index contributed by atoms with van der Waals surface area (Å²) in [6, 6.07) is 7.03. The van der Waals surface area contributed by atoms with Crippen LogP contribution in [0.1, 0.15) is 5.56 Å².